The molecule has 4 nitrogen and oxygen atoms in total. The van der Waals surface area contributed by atoms with E-state index < -0.39 is 0 Å². The van der Waals surface area contributed by atoms with Crippen LogP contribution >= 0.6 is 15.9 Å². The summed E-state index contributed by atoms with van der Waals surface area (Å²) in [7, 11) is 0. The Morgan fingerprint density at radius 1 is 1.35 bits per heavy atom. The first-order valence-corrected chi connectivity index (χ1v) is 8.06. The molecule has 2 aliphatic heterocycles. The summed E-state index contributed by atoms with van der Waals surface area (Å²) in [5.74, 6) is 0.168. The maximum Gasteiger partial charge on any atom is 0.237 e. The zero-order valence-corrected chi connectivity index (χ0v) is 13.0. The Labute approximate surface area is 128 Å². The number of rotatable bonds is 3. The average molecular weight is 338 g/mol. The van der Waals surface area contributed by atoms with Crippen molar-refractivity contribution in [2.75, 3.05) is 24.5 Å². The van der Waals surface area contributed by atoms with E-state index >= 15 is 0 Å². The average Bonchev–Trinajstić information content (AvgIpc) is 3.10. The molecule has 2 aliphatic rings. The monoisotopic (exact) mass is 337 g/mol. The molecule has 0 unspecified atom stereocenters. The van der Waals surface area contributed by atoms with Crippen molar-refractivity contribution in [3.05, 3.63) is 28.7 Å². The van der Waals surface area contributed by atoms with E-state index in [4.69, 9.17) is 0 Å². The highest BCUT2D eigenvalue weighted by Gasteiger charge is 2.28. The van der Waals surface area contributed by atoms with Gasteiger partial charge >= 0.3 is 0 Å². The highest BCUT2D eigenvalue weighted by molar-refractivity contribution is 9.10. The third-order valence-corrected chi connectivity index (χ3v) is 4.78. The number of amides is 1. The predicted octanol–water partition coefficient (Wildman–Crippen LogP) is 1.90. The Kier molecular flexibility index (Phi) is 4.27. The Morgan fingerprint density at radius 3 is 2.95 bits per heavy atom. The quantitative estimate of drug-likeness (QED) is 0.885. The topological polar surface area (TPSA) is 44.4 Å². The number of nitrogens with one attached hydrogen (secondary N) is 2. The van der Waals surface area contributed by atoms with Crippen LogP contribution in [0.5, 0.6) is 0 Å². The predicted molar refractivity (Wildman–Crippen MR) is 83.9 cm³/mol. The van der Waals surface area contributed by atoms with Gasteiger partial charge in [0, 0.05) is 23.6 Å². The van der Waals surface area contributed by atoms with Gasteiger partial charge in [-0.05, 0) is 53.9 Å². The Bertz CT molecular complexity index is 488. The van der Waals surface area contributed by atoms with Crippen molar-refractivity contribution in [1.29, 1.82) is 0 Å². The van der Waals surface area contributed by atoms with Gasteiger partial charge in [-0.15, -0.1) is 0 Å². The lowest BCUT2D eigenvalue weighted by molar-refractivity contribution is -0.123. The molecule has 2 saturated heterocycles. The minimum absolute atomic E-state index is 0.0208. The zero-order valence-electron chi connectivity index (χ0n) is 11.4. The molecule has 0 spiro atoms. The molecule has 2 fully saturated rings. The molecule has 20 heavy (non-hydrogen) atoms. The van der Waals surface area contributed by atoms with Gasteiger partial charge in [-0.1, -0.05) is 12.1 Å². The minimum atomic E-state index is 0.0208. The molecule has 0 radical (unpaired) electrons. The van der Waals surface area contributed by atoms with E-state index in [0.717, 1.165) is 43.4 Å². The lowest BCUT2D eigenvalue weighted by atomic mass is 10.2. The van der Waals surface area contributed by atoms with E-state index in [2.05, 4.69) is 49.7 Å². The fraction of sp³-hybridized carbons (Fsp3) is 0.533. The van der Waals surface area contributed by atoms with Crippen molar-refractivity contribution in [1.82, 2.24) is 10.6 Å². The maximum atomic E-state index is 12.1. The maximum absolute atomic E-state index is 12.1. The van der Waals surface area contributed by atoms with Crippen LogP contribution in [0.15, 0.2) is 28.7 Å². The molecular formula is C15H20BrN3O. The summed E-state index contributed by atoms with van der Waals surface area (Å²) >= 11 is 3.59. The van der Waals surface area contributed by atoms with Crippen molar-refractivity contribution in [3.8, 4) is 0 Å². The van der Waals surface area contributed by atoms with Crippen molar-refractivity contribution >= 4 is 27.5 Å². The Morgan fingerprint density at radius 2 is 2.20 bits per heavy atom. The van der Waals surface area contributed by atoms with Crippen molar-refractivity contribution < 1.29 is 4.79 Å². The molecule has 2 atom stereocenters. The van der Waals surface area contributed by atoms with E-state index in [1.165, 1.54) is 5.69 Å². The Balaban J connectivity index is 1.57. The van der Waals surface area contributed by atoms with E-state index in [0.29, 0.717) is 0 Å². The van der Waals surface area contributed by atoms with E-state index in [1.807, 2.05) is 6.07 Å². The first-order valence-electron chi connectivity index (χ1n) is 7.27. The molecule has 108 valence electrons. The molecule has 5 heteroatoms. The van der Waals surface area contributed by atoms with Crippen LogP contribution in [0.4, 0.5) is 5.69 Å². The number of halogens is 1. The molecular weight excluding hydrogens is 318 g/mol. The van der Waals surface area contributed by atoms with Gasteiger partial charge in [0.2, 0.25) is 5.91 Å². The summed E-state index contributed by atoms with van der Waals surface area (Å²) in [4.78, 5) is 14.4. The van der Waals surface area contributed by atoms with Gasteiger partial charge < -0.3 is 15.5 Å². The summed E-state index contributed by atoms with van der Waals surface area (Å²) in [6.45, 7) is 2.85. The summed E-state index contributed by atoms with van der Waals surface area (Å²) < 4.78 is 1.12. The van der Waals surface area contributed by atoms with Crippen LogP contribution < -0.4 is 15.5 Å². The molecule has 1 amide bonds. The largest absolute Gasteiger partial charge is 0.368 e. The highest BCUT2D eigenvalue weighted by atomic mass is 79.9. The summed E-state index contributed by atoms with van der Waals surface area (Å²) in [5, 5.41) is 6.43. The molecule has 0 aliphatic carbocycles. The van der Waals surface area contributed by atoms with Crippen LogP contribution in [0, 0.1) is 0 Å². The number of nitrogens with zero attached hydrogens (tertiary/aromatic N) is 1. The number of hydrogen-bond donors (Lipinski definition) is 2. The zero-order chi connectivity index (χ0) is 13.9. The van der Waals surface area contributed by atoms with Gasteiger partial charge in [-0.3, -0.25) is 4.79 Å². The van der Waals surface area contributed by atoms with Gasteiger partial charge in [0.15, 0.2) is 0 Å². The fourth-order valence-electron chi connectivity index (χ4n) is 3.02. The third-order valence-electron chi connectivity index (χ3n) is 4.10. The van der Waals surface area contributed by atoms with Crippen LogP contribution in [-0.4, -0.2) is 37.6 Å². The second-order valence-electron chi connectivity index (χ2n) is 5.54. The van der Waals surface area contributed by atoms with Crippen LogP contribution in [-0.2, 0) is 4.79 Å². The van der Waals surface area contributed by atoms with E-state index in [-0.39, 0.29) is 18.0 Å². The molecule has 0 bridgehead atoms. The smallest absolute Gasteiger partial charge is 0.237 e. The number of anilines is 1. The molecule has 0 aromatic heterocycles. The number of carbonyl (C=O) groups is 1. The SMILES string of the molecule is O=C(N[C@@H]1CCN(c2ccccc2Br)C1)[C@@H]1CCCN1. The number of carbonyl (C=O) groups excluding carboxylic acids is 1. The number of para-hydroxylation sites is 1. The lowest BCUT2D eigenvalue weighted by Crippen LogP contribution is -2.46. The standard InChI is InChI=1S/C15H20BrN3O/c16-12-4-1-2-6-14(12)19-9-7-11(10-19)18-15(20)13-5-3-8-17-13/h1-2,4,6,11,13,17H,3,5,7-10H2,(H,18,20)/t11-,13+/m1/s1. The second kappa shape index (κ2) is 6.14. The van der Waals surface area contributed by atoms with Crippen molar-refractivity contribution in [2.24, 2.45) is 0 Å². The number of hydrogen-bond acceptors (Lipinski definition) is 3. The molecule has 3 rings (SSSR count). The van der Waals surface area contributed by atoms with Gasteiger partial charge in [0.05, 0.1) is 11.7 Å². The van der Waals surface area contributed by atoms with E-state index in [1.54, 1.807) is 0 Å². The summed E-state index contributed by atoms with van der Waals surface area (Å²) in [5.41, 5.74) is 1.21. The van der Waals surface area contributed by atoms with Crippen molar-refractivity contribution in [2.45, 2.75) is 31.3 Å². The molecule has 0 saturated carbocycles. The molecule has 1 aromatic carbocycles. The molecule has 2 heterocycles. The summed E-state index contributed by atoms with van der Waals surface area (Å²) in [6.07, 6.45) is 3.08. The van der Waals surface area contributed by atoms with Gasteiger partial charge in [-0.2, -0.15) is 0 Å². The third kappa shape index (κ3) is 2.99. The van der Waals surface area contributed by atoms with Crippen molar-refractivity contribution in [3.63, 3.8) is 0 Å². The lowest BCUT2D eigenvalue weighted by Gasteiger charge is -2.21. The molecule has 2 N–H and O–H groups in total. The second-order valence-corrected chi connectivity index (χ2v) is 6.39. The van der Waals surface area contributed by atoms with E-state index in [9.17, 15) is 4.79 Å². The highest BCUT2D eigenvalue weighted by Crippen LogP contribution is 2.28. The molecule has 1 aromatic rings. The summed E-state index contributed by atoms with van der Waals surface area (Å²) in [6, 6.07) is 8.53. The van der Waals surface area contributed by atoms with Gasteiger partial charge in [0.1, 0.15) is 0 Å². The van der Waals surface area contributed by atoms with Gasteiger partial charge in [0.25, 0.3) is 0 Å². The van der Waals surface area contributed by atoms with Crippen LogP contribution in [0.1, 0.15) is 19.3 Å². The minimum Gasteiger partial charge on any atom is -0.368 e. The first-order chi connectivity index (χ1) is 9.74. The van der Waals surface area contributed by atoms with Crippen LogP contribution in [0.25, 0.3) is 0 Å². The normalized spacial score (nSPS) is 25.9. The fourth-order valence-corrected chi connectivity index (χ4v) is 3.55. The number of benzene rings is 1. The Hall–Kier alpha value is -1.07. The van der Waals surface area contributed by atoms with Crippen LogP contribution in [0.3, 0.4) is 0 Å². The van der Waals surface area contributed by atoms with Gasteiger partial charge in [-0.25, -0.2) is 0 Å². The van der Waals surface area contributed by atoms with Crippen LogP contribution in [0.2, 0.25) is 0 Å². The first kappa shape index (κ1) is 13.9.